The average Bonchev–Trinajstić information content (AvgIpc) is 3.02. The Bertz CT molecular complexity index is 845. The molecule has 1 heterocycles. The molecule has 6 heteroatoms. The normalized spacial score (nSPS) is 10.5. The van der Waals surface area contributed by atoms with Crippen molar-refractivity contribution >= 4 is 21.8 Å². The van der Waals surface area contributed by atoms with Crippen LogP contribution in [-0.4, -0.2) is 16.0 Å². The molecule has 1 N–H and O–H groups in total. The van der Waals surface area contributed by atoms with E-state index in [9.17, 15) is 4.79 Å². The number of benzene rings is 2. The van der Waals surface area contributed by atoms with Crippen molar-refractivity contribution in [1.29, 1.82) is 0 Å². The third-order valence-electron chi connectivity index (χ3n) is 3.26. The first-order valence-corrected chi connectivity index (χ1v) is 7.85. The molecule has 3 rings (SSSR count). The highest BCUT2D eigenvalue weighted by molar-refractivity contribution is 9.10. The van der Waals surface area contributed by atoms with E-state index >= 15 is 0 Å². The van der Waals surface area contributed by atoms with Crippen LogP contribution in [0.15, 0.2) is 57.5 Å². The Hall–Kier alpha value is -2.47. The number of halogens is 1. The summed E-state index contributed by atoms with van der Waals surface area (Å²) in [6.07, 6.45) is 0. The molecule has 0 aliphatic heterocycles. The van der Waals surface area contributed by atoms with Crippen LogP contribution in [0.5, 0.6) is 0 Å². The molecule has 1 aromatic heterocycles. The first kappa shape index (κ1) is 15.4. The van der Waals surface area contributed by atoms with E-state index in [2.05, 4.69) is 31.4 Å². The van der Waals surface area contributed by atoms with Crippen molar-refractivity contribution in [2.45, 2.75) is 13.5 Å². The van der Waals surface area contributed by atoms with Gasteiger partial charge in [0.1, 0.15) is 0 Å². The Morgan fingerprint density at radius 2 is 2.04 bits per heavy atom. The van der Waals surface area contributed by atoms with Crippen LogP contribution in [0.1, 0.15) is 21.7 Å². The number of carbonyl (C=O) groups excluding carboxylic acids is 1. The lowest BCUT2D eigenvalue weighted by molar-refractivity contribution is 0.0949. The molecule has 3 aromatic rings. The van der Waals surface area contributed by atoms with E-state index in [1.54, 1.807) is 6.07 Å². The molecule has 1 amide bonds. The summed E-state index contributed by atoms with van der Waals surface area (Å²) in [4.78, 5) is 16.4. The van der Waals surface area contributed by atoms with Crippen molar-refractivity contribution < 1.29 is 9.32 Å². The molecule has 0 spiro atoms. The van der Waals surface area contributed by atoms with Crippen molar-refractivity contribution in [2.24, 2.45) is 0 Å². The van der Waals surface area contributed by atoms with Gasteiger partial charge in [-0.3, -0.25) is 4.79 Å². The molecule has 23 heavy (non-hydrogen) atoms. The molecule has 0 unspecified atom stereocenters. The zero-order valence-electron chi connectivity index (χ0n) is 12.4. The predicted molar refractivity (Wildman–Crippen MR) is 89.8 cm³/mol. The molecular weight excluding hydrogens is 358 g/mol. The third-order valence-corrected chi connectivity index (χ3v) is 3.95. The molecule has 0 saturated carbocycles. The number of hydrogen-bond acceptors (Lipinski definition) is 4. The molecule has 5 nitrogen and oxygen atoms in total. The van der Waals surface area contributed by atoms with E-state index in [0.717, 1.165) is 15.6 Å². The number of nitrogens with one attached hydrogen (secondary N) is 1. The number of aromatic nitrogens is 2. The highest BCUT2D eigenvalue weighted by Gasteiger charge is 2.12. The van der Waals surface area contributed by atoms with E-state index in [-0.39, 0.29) is 12.5 Å². The van der Waals surface area contributed by atoms with Gasteiger partial charge >= 0.3 is 0 Å². The van der Waals surface area contributed by atoms with Gasteiger partial charge in [-0.2, -0.15) is 4.98 Å². The van der Waals surface area contributed by atoms with Crippen molar-refractivity contribution in [2.75, 3.05) is 0 Å². The maximum Gasteiger partial charge on any atom is 0.257 e. The van der Waals surface area contributed by atoms with E-state index in [1.165, 1.54) is 0 Å². The summed E-state index contributed by atoms with van der Waals surface area (Å²) in [6, 6.07) is 15.0. The van der Waals surface area contributed by atoms with Gasteiger partial charge in [0.2, 0.25) is 0 Å². The van der Waals surface area contributed by atoms with Crippen LogP contribution in [0.3, 0.4) is 0 Å². The number of nitrogens with zero attached hydrogens (tertiary/aromatic N) is 2. The Morgan fingerprint density at radius 3 is 2.83 bits per heavy atom. The number of hydrogen-bond donors (Lipinski definition) is 1. The minimum atomic E-state index is -0.195. The van der Waals surface area contributed by atoms with Crippen molar-refractivity contribution in [1.82, 2.24) is 15.5 Å². The molecule has 2 aromatic carbocycles. The first-order valence-electron chi connectivity index (χ1n) is 7.06. The Balaban J connectivity index is 1.68. The van der Waals surface area contributed by atoms with Crippen molar-refractivity contribution in [3.63, 3.8) is 0 Å². The number of carbonyl (C=O) groups is 1. The Kier molecular flexibility index (Phi) is 4.52. The summed E-state index contributed by atoms with van der Waals surface area (Å²) < 4.78 is 5.99. The fourth-order valence-electron chi connectivity index (χ4n) is 2.12. The summed E-state index contributed by atoms with van der Waals surface area (Å²) in [7, 11) is 0. The molecule has 0 bridgehead atoms. The average molecular weight is 372 g/mol. The van der Waals surface area contributed by atoms with Gasteiger partial charge in [-0.1, -0.05) is 35.0 Å². The van der Waals surface area contributed by atoms with Gasteiger partial charge < -0.3 is 9.84 Å². The Morgan fingerprint density at radius 1 is 1.22 bits per heavy atom. The zero-order chi connectivity index (χ0) is 16.2. The fraction of sp³-hybridized carbons (Fsp3) is 0.118. The molecule has 0 atom stereocenters. The smallest absolute Gasteiger partial charge is 0.257 e. The third kappa shape index (κ3) is 3.65. The van der Waals surface area contributed by atoms with Gasteiger partial charge in [-0.25, -0.2) is 0 Å². The van der Waals surface area contributed by atoms with E-state index in [0.29, 0.717) is 17.3 Å². The second-order valence-corrected chi connectivity index (χ2v) is 5.90. The van der Waals surface area contributed by atoms with Crippen LogP contribution in [-0.2, 0) is 6.54 Å². The summed E-state index contributed by atoms with van der Waals surface area (Å²) in [6.45, 7) is 2.20. The van der Waals surface area contributed by atoms with Crippen LogP contribution in [0, 0.1) is 6.92 Å². The highest BCUT2D eigenvalue weighted by atomic mass is 79.9. The summed E-state index contributed by atoms with van der Waals surface area (Å²) in [5.41, 5.74) is 2.54. The summed E-state index contributed by atoms with van der Waals surface area (Å²) in [5, 5.41) is 6.68. The zero-order valence-corrected chi connectivity index (χ0v) is 14.0. The van der Waals surface area contributed by atoms with Crippen molar-refractivity contribution in [3.8, 4) is 11.5 Å². The van der Waals surface area contributed by atoms with Crippen molar-refractivity contribution in [3.05, 3.63) is 70.0 Å². The minimum Gasteiger partial charge on any atom is -0.345 e. The fourth-order valence-corrected chi connectivity index (χ4v) is 2.59. The van der Waals surface area contributed by atoms with Gasteiger partial charge in [0.05, 0.1) is 12.1 Å². The van der Waals surface area contributed by atoms with Gasteiger partial charge in [-0.05, 0) is 47.1 Å². The van der Waals surface area contributed by atoms with Crippen LogP contribution >= 0.6 is 15.9 Å². The largest absolute Gasteiger partial charge is 0.345 e. The number of amides is 1. The quantitative estimate of drug-likeness (QED) is 0.758. The second kappa shape index (κ2) is 6.75. The number of rotatable bonds is 4. The van der Waals surface area contributed by atoms with Gasteiger partial charge in [0.25, 0.3) is 11.8 Å². The monoisotopic (exact) mass is 371 g/mol. The lowest BCUT2D eigenvalue weighted by atomic mass is 10.1. The first-order chi connectivity index (χ1) is 11.1. The van der Waals surface area contributed by atoms with Gasteiger partial charge in [0, 0.05) is 10.0 Å². The SMILES string of the molecule is Cc1cccc(-c2nc(CNC(=O)c3ccccc3Br)no2)c1. The molecule has 0 saturated heterocycles. The summed E-state index contributed by atoms with van der Waals surface area (Å²) in [5.74, 6) is 0.681. The van der Waals surface area contributed by atoms with Gasteiger partial charge in [-0.15, -0.1) is 0 Å². The van der Waals surface area contributed by atoms with E-state index in [4.69, 9.17) is 4.52 Å². The lowest BCUT2D eigenvalue weighted by Gasteiger charge is -2.04. The lowest BCUT2D eigenvalue weighted by Crippen LogP contribution is -2.23. The summed E-state index contributed by atoms with van der Waals surface area (Å²) >= 11 is 3.35. The minimum absolute atomic E-state index is 0.195. The molecule has 116 valence electrons. The molecule has 0 aliphatic carbocycles. The van der Waals surface area contributed by atoms with E-state index in [1.807, 2.05) is 49.4 Å². The topological polar surface area (TPSA) is 68.0 Å². The standard InChI is InChI=1S/C17H14BrN3O2/c1-11-5-4-6-12(9-11)17-20-15(21-23-17)10-19-16(22)13-7-2-3-8-14(13)18/h2-9H,10H2,1H3,(H,19,22). The number of aryl methyl sites for hydroxylation is 1. The van der Waals surface area contributed by atoms with Crippen LogP contribution in [0.25, 0.3) is 11.5 Å². The molecule has 0 aliphatic rings. The predicted octanol–water partition coefficient (Wildman–Crippen LogP) is 3.74. The van der Waals surface area contributed by atoms with Crippen LogP contribution in [0.2, 0.25) is 0 Å². The second-order valence-electron chi connectivity index (χ2n) is 5.05. The Labute approximate surface area is 141 Å². The molecular formula is C17H14BrN3O2. The maximum atomic E-state index is 12.1. The molecule has 0 radical (unpaired) electrons. The van der Waals surface area contributed by atoms with Crippen LogP contribution in [0.4, 0.5) is 0 Å². The van der Waals surface area contributed by atoms with E-state index < -0.39 is 0 Å². The van der Waals surface area contributed by atoms with Crippen LogP contribution < -0.4 is 5.32 Å². The maximum absolute atomic E-state index is 12.1. The molecule has 0 fully saturated rings. The highest BCUT2D eigenvalue weighted by Crippen LogP contribution is 2.18. The van der Waals surface area contributed by atoms with Gasteiger partial charge in [0.15, 0.2) is 5.82 Å².